The van der Waals surface area contributed by atoms with Gasteiger partial charge < -0.3 is 20.3 Å². The lowest BCUT2D eigenvalue weighted by Crippen LogP contribution is -2.45. The van der Waals surface area contributed by atoms with Crippen LogP contribution < -0.4 is 15.5 Å². The van der Waals surface area contributed by atoms with E-state index in [9.17, 15) is 0 Å². The van der Waals surface area contributed by atoms with Crippen LogP contribution in [-0.4, -0.2) is 45.4 Å². The molecule has 1 aromatic rings. The molecule has 0 radical (unpaired) electrons. The maximum atomic E-state index is 5.40. The summed E-state index contributed by atoms with van der Waals surface area (Å²) in [6, 6.07) is 8.67. The van der Waals surface area contributed by atoms with Crippen molar-refractivity contribution in [2.24, 2.45) is 4.99 Å². The first-order valence-corrected chi connectivity index (χ1v) is 8.02. The van der Waals surface area contributed by atoms with Crippen molar-refractivity contribution in [3.05, 3.63) is 42.0 Å². The Hall–Kier alpha value is -2.01. The smallest absolute Gasteiger partial charge is 0.191 e. The second-order valence-electron chi connectivity index (χ2n) is 6.29. The Bertz CT molecular complexity index is 541. The van der Waals surface area contributed by atoms with Gasteiger partial charge in [-0.15, -0.1) is 0 Å². The molecule has 5 nitrogen and oxygen atoms in total. The molecule has 1 aliphatic rings. The summed E-state index contributed by atoms with van der Waals surface area (Å²) in [6.07, 6.45) is 4.40. The minimum Gasteiger partial charge on any atom is -0.377 e. The number of hydrogen-bond acceptors (Lipinski definition) is 3. The van der Waals surface area contributed by atoms with Crippen molar-refractivity contribution >= 4 is 11.6 Å². The Labute approximate surface area is 139 Å². The van der Waals surface area contributed by atoms with Gasteiger partial charge >= 0.3 is 0 Å². The first-order valence-electron chi connectivity index (χ1n) is 8.02. The molecular weight excluding hydrogens is 288 g/mol. The minimum atomic E-state index is -0.219. The lowest BCUT2D eigenvalue weighted by atomic mass is 10.1. The lowest BCUT2D eigenvalue weighted by molar-refractivity contribution is 0.0268. The first-order chi connectivity index (χ1) is 11.0. The summed E-state index contributed by atoms with van der Waals surface area (Å²) in [5.74, 6) is 0.781. The zero-order valence-corrected chi connectivity index (χ0v) is 14.6. The number of benzene rings is 1. The molecule has 0 aliphatic carbocycles. The van der Waals surface area contributed by atoms with E-state index in [0.717, 1.165) is 25.6 Å². The van der Waals surface area contributed by atoms with Crippen molar-refractivity contribution in [3.8, 4) is 0 Å². The van der Waals surface area contributed by atoms with E-state index >= 15 is 0 Å². The van der Waals surface area contributed by atoms with Gasteiger partial charge in [0.2, 0.25) is 0 Å². The molecule has 0 saturated carbocycles. The summed E-state index contributed by atoms with van der Waals surface area (Å²) >= 11 is 0. The van der Waals surface area contributed by atoms with E-state index in [1.807, 2.05) is 13.8 Å². The number of methoxy groups -OCH3 is 1. The number of nitrogens with one attached hydrogen (secondary N) is 2. The van der Waals surface area contributed by atoms with Crippen LogP contribution in [0.25, 0.3) is 0 Å². The fourth-order valence-electron chi connectivity index (χ4n) is 2.29. The van der Waals surface area contributed by atoms with Crippen LogP contribution >= 0.6 is 0 Å². The van der Waals surface area contributed by atoms with Gasteiger partial charge in [0, 0.05) is 46.0 Å². The van der Waals surface area contributed by atoms with Gasteiger partial charge in [0.05, 0.1) is 5.60 Å². The summed E-state index contributed by atoms with van der Waals surface area (Å²) in [6.45, 7) is 7.53. The lowest BCUT2D eigenvalue weighted by Gasteiger charge is -2.24. The van der Waals surface area contributed by atoms with E-state index in [-0.39, 0.29) is 5.60 Å². The zero-order valence-electron chi connectivity index (χ0n) is 14.6. The van der Waals surface area contributed by atoms with Crippen molar-refractivity contribution in [2.45, 2.75) is 26.0 Å². The number of aliphatic imine (C=N–C) groups is 1. The van der Waals surface area contributed by atoms with Crippen LogP contribution in [0.15, 0.2) is 41.4 Å². The average molecular weight is 316 g/mol. The van der Waals surface area contributed by atoms with Crippen molar-refractivity contribution in [3.63, 3.8) is 0 Å². The zero-order chi connectivity index (χ0) is 16.7. The maximum Gasteiger partial charge on any atom is 0.191 e. The number of ether oxygens (including phenoxy) is 1. The second kappa shape index (κ2) is 8.02. The van der Waals surface area contributed by atoms with Gasteiger partial charge in [-0.2, -0.15) is 0 Å². The molecule has 23 heavy (non-hydrogen) atoms. The van der Waals surface area contributed by atoms with Crippen molar-refractivity contribution in [2.75, 3.05) is 38.7 Å². The second-order valence-corrected chi connectivity index (χ2v) is 6.29. The highest BCUT2D eigenvalue weighted by atomic mass is 16.5. The maximum absolute atomic E-state index is 5.40. The van der Waals surface area contributed by atoms with Crippen LogP contribution in [0.4, 0.5) is 5.69 Å². The topological polar surface area (TPSA) is 48.9 Å². The fraction of sp³-hybridized carbons (Fsp3) is 0.500. The van der Waals surface area contributed by atoms with E-state index in [0.29, 0.717) is 6.54 Å². The molecular formula is C18H28N4O. The Morgan fingerprint density at radius 2 is 1.83 bits per heavy atom. The molecule has 1 heterocycles. The molecule has 0 amide bonds. The van der Waals surface area contributed by atoms with Crippen LogP contribution in [0.1, 0.15) is 19.4 Å². The predicted octanol–water partition coefficient (Wildman–Crippen LogP) is 2.15. The molecule has 0 saturated heterocycles. The predicted molar refractivity (Wildman–Crippen MR) is 97.1 cm³/mol. The highest BCUT2D eigenvalue weighted by Gasteiger charge is 2.16. The Balaban J connectivity index is 1.82. The van der Waals surface area contributed by atoms with E-state index in [4.69, 9.17) is 4.74 Å². The van der Waals surface area contributed by atoms with Gasteiger partial charge in [-0.25, -0.2) is 0 Å². The van der Waals surface area contributed by atoms with Crippen molar-refractivity contribution in [1.29, 1.82) is 0 Å². The van der Waals surface area contributed by atoms with Gasteiger partial charge in [0.15, 0.2) is 5.96 Å². The monoisotopic (exact) mass is 316 g/mol. The van der Waals surface area contributed by atoms with Crippen LogP contribution in [0, 0.1) is 0 Å². The largest absolute Gasteiger partial charge is 0.377 e. The van der Waals surface area contributed by atoms with Crippen molar-refractivity contribution in [1.82, 2.24) is 10.6 Å². The molecule has 0 bridgehead atoms. The summed E-state index contributed by atoms with van der Waals surface area (Å²) in [7, 11) is 3.49. The summed E-state index contributed by atoms with van der Waals surface area (Å²) in [4.78, 5) is 6.58. The number of guanidine groups is 1. The highest BCUT2D eigenvalue weighted by Crippen LogP contribution is 2.17. The van der Waals surface area contributed by atoms with Crippen LogP contribution in [0.3, 0.4) is 0 Å². The van der Waals surface area contributed by atoms with E-state index in [1.54, 1.807) is 14.2 Å². The van der Waals surface area contributed by atoms with Gasteiger partial charge in [-0.1, -0.05) is 24.3 Å². The van der Waals surface area contributed by atoms with Gasteiger partial charge in [-0.05, 0) is 31.5 Å². The highest BCUT2D eigenvalue weighted by molar-refractivity contribution is 5.79. The molecule has 0 spiro atoms. The normalized spacial score (nSPS) is 15.1. The van der Waals surface area contributed by atoms with Crippen molar-refractivity contribution < 1.29 is 4.74 Å². The number of rotatable bonds is 6. The SMILES string of the molecule is CN=C(NCc1ccc(N2CC=CC2)cc1)NCC(C)(C)OC. The van der Waals surface area contributed by atoms with E-state index in [1.165, 1.54) is 11.3 Å². The Kier molecular flexibility index (Phi) is 6.04. The van der Waals surface area contributed by atoms with Gasteiger partial charge in [0.1, 0.15) is 0 Å². The molecule has 0 aromatic heterocycles. The average Bonchev–Trinajstić information content (AvgIpc) is 3.10. The number of nitrogens with zero attached hydrogens (tertiary/aromatic N) is 2. The quantitative estimate of drug-likeness (QED) is 0.480. The minimum absolute atomic E-state index is 0.219. The summed E-state index contributed by atoms with van der Waals surface area (Å²) in [5.41, 5.74) is 2.28. The summed E-state index contributed by atoms with van der Waals surface area (Å²) < 4.78 is 5.40. The molecule has 0 atom stereocenters. The fourth-order valence-corrected chi connectivity index (χ4v) is 2.29. The van der Waals surface area contributed by atoms with Gasteiger partial charge in [-0.3, -0.25) is 4.99 Å². The van der Waals surface area contributed by atoms with E-state index < -0.39 is 0 Å². The molecule has 126 valence electrons. The number of anilines is 1. The third-order valence-electron chi connectivity index (χ3n) is 4.04. The Morgan fingerprint density at radius 1 is 1.17 bits per heavy atom. The standard InChI is InChI=1S/C18H28N4O/c1-18(2,23-4)14-21-17(19-3)20-13-15-7-9-16(10-8-15)22-11-5-6-12-22/h5-10H,11-14H2,1-4H3,(H2,19,20,21). The summed E-state index contributed by atoms with van der Waals surface area (Å²) in [5, 5.41) is 6.61. The van der Waals surface area contributed by atoms with Crippen LogP contribution in [-0.2, 0) is 11.3 Å². The van der Waals surface area contributed by atoms with Gasteiger partial charge in [0.25, 0.3) is 0 Å². The molecule has 5 heteroatoms. The number of hydrogen-bond donors (Lipinski definition) is 2. The van der Waals surface area contributed by atoms with Crippen LogP contribution in [0.2, 0.25) is 0 Å². The molecule has 0 fully saturated rings. The molecule has 1 aromatic carbocycles. The first kappa shape index (κ1) is 17.3. The van der Waals surface area contributed by atoms with Crippen LogP contribution in [0.5, 0.6) is 0 Å². The molecule has 2 N–H and O–H groups in total. The third-order valence-corrected chi connectivity index (χ3v) is 4.04. The molecule has 2 rings (SSSR count). The van der Waals surface area contributed by atoms with E-state index in [2.05, 4.69) is 56.9 Å². The Morgan fingerprint density at radius 3 is 2.39 bits per heavy atom. The third kappa shape index (κ3) is 5.28. The molecule has 0 unspecified atom stereocenters. The molecule has 1 aliphatic heterocycles.